The molecule has 1 saturated heterocycles. The fourth-order valence-corrected chi connectivity index (χ4v) is 4.27. The van der Waals surface area contributed by atoms with Crippen molar-refractivity contribution in [2.24, 2.45) is 5.92 Å². The molecule has 0 radical (unpaired) electrons. The number of aryl methyl sites for hydroxylation is 1. The Labute approximate surface area is 165 Å². The van der Waals surface area contributed by atoms with Gasteiger partial charge < -0.3 is 14.2 Å². The largest absolute Gasteiger partial charge is 0.450 e. The quantitative estimate of drug-likeness (QED) is 0.374. The van der Waals surface area contributed by atoms with Gasteiger partial charge in [0.05, 0.1) is 22.1 Å². The summed E-state index contributed by atoms with van der Waals surface area (Å²) in [5.74, 6) is 0.383. The highest BCUT2D eigenvalue weighted by molar-refractivity contribution is 5.95. The molecular weight excluding hydrogens is 377 g/mol. The average Bonchev–Trinajstić information content (AvgIpc) is 3.10. The van der Waals surface area contributed by atoms with Crippen molar-refractivity contribution >= 4 is 22.3 Å². The molecule has 0 spiro atoms. The second-order valence-electron chi connectivity index (χ2n) is 7.79. The molecule has 7 nitrogen and oxygen atoms in total. The number of hydrogen-bond donors (Lipinski definition) is 0. The van der Waals surface area contributed by atoms with E-state index in [4.69, 9.17) is 4.74 Å². The minimum atomic E-state index is -0.523. The number of pyridine rings is 1. The first kappa shape index (κ1) is 17.7. The lowest BCUT2D eigenvalue weighted by atomic mass is 10.1. The fraction of sp³-hybridized carbons (Fsp3) is 0.286. The first-order valence-corrected chi connectivity index (χ1v) is 9.45. The minimum Gasteiger partial charge on any atom is -0.450 e. The zero-order valence-corrected chi connectivity index (χ0v) is 15.9. The van der Waals surface area contributed by atoms with Crippen LogP contribution in [0.15, 0.2) is 35.3 Å². The van der Waals surface area contributed by atoms with Crippen LogP contribution in [-0.4, -0.2) is 22.6 Å². The maximum Gasteiger partial charge on any atom is 0.273 e. The molecule has 8 heteroatoms. The number of rotatable bonds is 2. The highest BCUT2D eigenvalue weighted by atomic mass is 19.1. The van der Waals surface area contributed by atoms with Crippen LogP contribution in [0.1, 0.15) is 18.9 Å². The molecule has 0 amide bonds. The molecule has 1 unspecified atom stereocenters. The first-order valence-electron chi connectivity index (χ1n) is 9.45. The Balaban J connectivity index is 1.86. The maximum atomic E-state index is 15.2. The number of aromatic nitrogens is 1. The number of fused-ring (bicyclic) bond motifs is 2. The van der Waals surface area contributed by atoms with Crippen molar-refractivity contribution in [1.29, 1.82) is 0 Å². The highest BCUT2D eigenvalue weighted by Gasteiger charge is 2.32. The van der Waals surface area contributed by atoms with E-state index in [0.717, 1.165) is 6.42 Å². The number of ether oxygens (including phenoxy) is 1. The summed E-state index contributed by atoms with van der Waals surface area (Å²) in [6, 6.07) is 5.58. The summed E-state index contributed by atoms with van der Waals surface area (Å²) >= 11 is 0. The predicted molar refractivity (Wildman–Crippen MR) is 107 cm³/mol. The number of hydrogen-bond acceptors (Lipinski definition) is 5. The van der Waals surface area contributed by atoms with E-state index in [1.54, 1.807) is 23.8 Å². The van der Waals surface area contributed by atoms with Crippen molar-refractivity contribution in [2.75, 3.05) is 18.0 Å². The summed E-state index contributed by atoms with van der Waals surface area (Å²) in [5, 5.41) is 11.5. The number of anilines is 1. The third kappa shape index (κ3) is 2.52. The third-order valence-electron chi connectivity index (χ3n) is 5.71. The number of non-ortho nitro benzene ring substituents is 1. The second-order valence-corrected chi connectivity index (χ2v) is 7.79. The molecule has 2 aromatic carbocycles. The van der Waals surface area contributed by atoms with Crippen LogP contribution in [0.4, 0.5) is 15.8 Å². The van der Waals surface area contributed by atoms with E-state index in [2.05, 4.69) is 6.92 Å². The van der Waals surface area contributed by atoms with Crippen LogP contribution >= 0.6 is 0 Å². The highest BCUT2D eigenvalue weighted by Crippen LogP contribution is 2.48. The lowest BCUT2D eigenvalue weighted by Crippen LogP contribution is -2.23. The van der Waals surface area contributed by atoms with E-state index < -0.39 is 10.7 Å². The average molecular weight is 395 g/mol. The molecule has 0 saturated carbocycles. The molecule has 3 heterocycles. The summed E-state index contributed by atoms with van der Waals surface area (Å²) in [5.41, 5.74) is 1.44. The summed E-state index contributed by atoms with van der Waals surface area (Å²) in [7, 11) is 0. The second kappa shape index (κ2) is 6.04. The zero-order valence-electron chi connectivity index (χ0n) is 15.9. The maximum absolute atomic E-state index is 15.2. The number of nitro benzene ring substituents is 1. The van der Waals surface area contributed by atoms with Crippen LogP contribution in [0.5, 0.6) is 11.5 Å². The fourth-order valence-electron chi connectivity index (χ4n) is 4.27. The Morgan fingerprint density at radius 1 is 1.31 bits per heavy atom. The number of nitrogens with zero attached hydrogens (tertiary/aromatic N) is 3. The molecule has 3 aromatic rings. The van der Waals surface area contributed by atoms with E-state index >= 15 is 4.39 Å². The molecule has 1 fully saturated rings. The van der Waals surface area contributed by atoms with E-state index in [9.17, 15) is 14.9 Å². The lowest BCUT2D eigenvalue weighted by Gasteiger charge is -2.29. The van der Waals surface area contributed by atoms with Crippen molar-refractivity contribution < 1.29 is 14.1 Å². The van der Waals surface area contributed by atoms with Gasteiger partial charge in [0.15, 0.2) is 22.7 Å². The molecule has 148 valence electrons. The van der Waals surface area contributed by atoms with Gasteiger partial charge in [0.25, 0.3) is 5.69 Å². The van der Waals surface area contributed by atoms with Crippen molar-refractivity contribution in [1.82, 2.24) is 4.57 Å². The van der Waals surface area contributed by atoms with Gasteiger partial charge in [-0.05, 0) is 31.4 Å². The van der Waals surface area contributed by atoms with Crippen molar-refractivity contribution in [2.45, 2.75) is 20.3 Å². The Morgan fingerprint density at radius 2 is 2.10 bits per heavy atom. The van der Waals surface area contributed by atoms with Gasteiger partial charge >= 0.3 is 0 Å². The zero-order chi connectivity index (χ0) is 20.4. The molecule has 1 aromatic heterocycles. The van der Waals surface area contributed by atoms with Gasteiger partial charge in [-0.2, -0.15) is 0 Å². The topological polar surface area (TPSA) is 77.6 Å². The molecule has 1 atom stereocenters. The van der Waals surface area contributed by atoms with Gasteiger partial charge in [0, 0.05) is 30.9 Å². The van der Waals surface area contributed by atoms with Crippen LogP contribution in [-0.2, 0) is 0 Å². The van der Waals surface area contributed by atoms with Crippen LogP contribution in [0.3, 0.4) is 0 Å². The first-order chi connectivity index (χ1) is 13.8. The number of nitro groups is 1. The molecular formula is C21H18FN3O4. The van der Waals surface area contributed by atoms with Crippen molar-refractivity contribution in [3.8, 4) is 17.2 Å². The monoisotopic (exact) mass is 395 g/mol. The van der Waals surface area contributed by atoms with E-state index in [1.807, 2.05) is 4.90 Å². The Kier molecular flexibility index (Phi) is 3.68. The molecule has 2 aliphatic rings. The Bertz CT molecular complexity index is 1270. The summed E-state index contributed by atoms with van der Waals surface area (Å²) in [6.07, 6.45) is 2.61. The van der Waals surface area contributed by atoms with Gasteiger partial charge in [-0.15, -0.1) is 0 Å². The van der Waals surface area contributed by atoms with Crippen LogP contribution in [0.25, 0.3) is 16.6 Å². The van der Waals surface area contributed by atoms with Gasteiger partial charge in [-0.3, -0.25) is 14.9 Å². The summed E-state index contributed by atoms with van der Waals surface area (Å²) in [6.45, 7) is 5.12. The van der Waals surface area contributed by atoms with Crippen LogP contribution < -0.4 is 15.1 Å². The van der Waals surface area contributed by atoms with Gasteiger partial charge in [0.1, 0.15) is 11.2 Å². The summed E-state index contributed by atoms with van der Waals surface area (Å²) < 4.78 is 23.0. The molecule has 29 heavy (non-hydrogen) atoms. The van der Waals surface area contributed by atoms with Crippen molar-refractivity contribution in [3.63, 3.8) is 0 Å². The molecule has 0 bridgehead atoms. The van der Waals surface area contributed by atoms with Gasteiger partial charge in [-0.25, -0.2) is 4.39 Å². The minimum absolute atomic E-state index is 0.117. The third-order valence-corrected chi connectivity index (χ3v) is 5.71. The lowest BCUT2D eigenvalue weighted by molar-refractivity contribution is -0.384. The molecule has 0 aliphatic carbocycles. The molecule has 2 aliphatic heterocycles. The molecule has 0 N–H and O–H groups in total. The standard InChI is InChI=1S/C21H18FN3O4/c1-11-5-6-23(9-11)19-15(22)8-14-18-21(19)29-17-7-13(25(27)28)3-4-16(17)24(18)10-12(2)20(14)26/h3-4,7-8,10-11H,5-6,9H2,1-2H3. The Morgan fingerprint density at radius 3 is 2.79 bits per heavy atom. The van der Waals surface area contributed by atoms with Crippen molar-refractivity contribution in [3.05, 3.63) is 62.2 Å². The van der Waals surface area contributed by atoms with E-state index in [-0.39, 0.29) is 28.0 Å². The Hall–Kier alpha value is -3.42. The van der Waals surface area contributed by atoms with Gasteiger partial charge in [-0.1, -0.05) is 6.92 Å². The van der Waals surface area contributed by atoms with Crippen LogP contribution in [0, 0.1) is 28.8 Å². The number of benzene rings is 2. The summed E-state index contributed by atoms with van der Waals surface area (Å²) in [4.78, 5) is 25.4. The molecule has 5 rings (SSSR count). The SMILES string of the molecule is Cc1cn2c3c(c(N4CCC(C)C4)c(F)cc3c1=O)Oc1cc([N+](=O)[O-])ccc1-2. The van der Waals surface area contributed by atoms with E-state index in [1.165, 1.54) is 18.2 Å². The smallest absolute Gasteiger partial charge is 0.273 e. The predicted octanol–water partition coefficient (Wildman–Crippen LogP) is 4.30. The van der Waals surface area contributed by atoms with Gasteiger partial charge in [0.2, 0.25) is 0 Å². The normalized spacial score (nSPS) is 17.3. The number of halogens is 1. The van der Waals surface area contributed by atoms with Crippen LogP contribution in [0.2, 0.25) is 0 Å². The van der Waals surface area contributed by atoms with E-state index in [0.29, 0.717) is 41.5 Å².